The number of aromatic nitrogens is 1. The Morgan fingerprint density at radius 3 is 2.73 bits per heavy atom. The largest absolute Gasteiger partial charge is 0.459 e. The number of fused-ring (bicyclic) bond motifs is 2. The van der Waals surface area contributed by atoms with Crippen LogP contribution in [0.1, 0.15) is 32.3 Å². The fourth-order valence-corrected chi connectivity index (χ4v) is 8.42. The number of carbonyl (C=O) groups excluding carboxylic acids is 1. The Labute approximate surface area is 260 Å². The minimum atomic E-state index is -3.99. The number of aliphatic hydroxyl groups excluding tert-OH is 1. The van der Waals surface area contributed by atoms with E-state index in [9.17, 15) is 22.7 Å². The van der Waals surface area contributed by atoms with Crippen molar-refractivity contribution >= 4 is 37.5 Å². The lowest BCUT2D eigenvalue weighted by molar-refractivity contribution is -0.233. The fraction of sp³-hybridized carbons (Fsp3) is 0.548. The van der Waals surface area contributed by atoms with Crippen molar-refractivity contribution in [2.24, 2.45) is 17.8 Å². The van der Waals surface area contributed by atoms with Crippen molar-refractivity contribution in [3.8, 4) is 0 Å². The molecule has 1 N–H and O–H groups in total. The normalized spacial score (nSPS) is 26.0. The number of ether oxygens (including phenoxy) is 4. The molecule has 238 valence electrons. The van der Waals surface area contributed by atoms with Crippen molar-refractivity contribution in [2.75, 3.05) is 26.3 Å². The van der Waals surface area contributed by atoms with Gasteiger partial charge in [-0.25, -0.2) is 17.8 Å². The van der Waals surface area contributed by atoms with Gasteiger partial charge in [-0.2, -0.15) is 4.31 Å². The van der Waals surface area contributed by atoms with Crippen LogP contribution < -0.4 is 0 Å². The first-order chi connectivity index (χ1) is 21.1. The summed E-state index contributed by atoms with van der Waals surface area (Å²) in [7, 11) is -3.99. The van der Waals surface area contributed by atoms with E-state index in [1.807, 2.05) is 13.8 Å². The van der Waals surface area contributed by atoms with E-state index in [0.29, 0.717) is 24.1 Å². The van der Waals surface area contributed by atoms with Gasteiger partial charge < -0.3 is 24.1 Å². The van der Waals surface area contributed by atoms with E-state index in [-0.39, 0.29) is 61.5 Å². The number of aliphatic hydroxyl groups is 1. The van der Waals surface area contributed by atoms with E-state index in [0.717, 1.165) is 4.70 Å². The maximum atomic E-state index is 13.9. The van der Waals surface area contributed by atoms with Crippen molar-refractivity contribution < 1.29 is 41.7 Å². The van der Waals surface area contributed by atoms with Crippen molar-refractivity contribution in [1.82, 2.24) is 9.29 Å². The van der Waals surface area contributed by atoms with Crippen LogP contribution in [0.5, 0.6) is 0 Å². The van der Waals surface area contributed by atoms with Crippen LogP contribution in [0, 0.1) is 23.6 Å². The van der Waals surface area contributed by atoms with Crippen LogP contribution in [0.4, 0.5) is 4.39 Å². The molecule has 4 heterocycles. The molecule has 13 heteroatoms. The second-order valence-corrected chi connectivity index (χ2v) is 15.0. The molecule has 0 aliphatic carbocycles. The standard InChI is InChI=1S/C31H37FN2O8S2/c1-18(2)9-10-34(44(37,38)22-7-8-24-27(13-22)43-17-33-24)14-25(35)20(11-19-3-5-21(32)6-4-19)12-28(36)42-29-23-15-39-31-30(23)41-26(29)16-40-31/h3-8,13,17-18,20,23,25-26,29-31,35H,9-12,14-16H2,1-2H3/t20-,23?,25-,26?,29?,30?,31?/m1/s1. The smallest absolute Gasteiger partial charge is 0.306 e. The van der Waals surface area contributed by atoms with Gasteiger partial charge in [-0.15, -0.1) is 11.3 Å². The van der Waals surface area contributed by atoms with Gasteiger partial charge in [-0.05, 0) is 54.7 Å². The third-order valence-electron chi connectivity index (χ3n) is 8.63. The number of sulfonamides is 1. The molecular weight excluding hydrogens is 611 g/mol. The van der Waals surface area contributed by atoms with Crippen LogP contribution in [0.2, 0.25) is 0 Å². The van der Waals surface area contributed by atoms with Crippen LogP contribution in [0.3, 0.4) is 0 Å². The first-order valence-corrected chi connectivity index (χ1v) is 17.2. The Bertz CT molecular complexity index is 1570. The molecule has 10 nitrogen and oxygen atoms in total. The Morgan fingerprint density at radius 2 is 1.95 bits per heavy atom. The fourth-order valence-electron chi connectivity index (χ4n) is 6.13. The van der Waals surface area contributed by atoms with Crippen molar-refractivity contribution in [2.45, 2.75) is 68.7 Å². The van der Waals surface area contributed by atoms with Crippen LogP contribution in [-0.4, -0.2) is 85.8 Å². The van der Waals surface area contributed by atoms with Gasteiger partial charge in [0.15, 0.2) is 6.29 Å². The molecule has 6 rings (SSSR count). The van der Waals surface area contributed by atoms with E-state index in [1.165, 1.54) is 33.8 Å². The van der Waals surface area contributed by atoms with Crippen molar-refractivity contribution in [3.63, 3.8) is 0 Å². The molecule has 0 spiro atoms. The van der Waals surface area contributed by atoms with E-state index in [2.05, 4.69) is 4.98 Å². The highest BCUT2D eigenvalue weighted by Gasteiger charge is 2.58. The summed E-state index contributed by atoms with van der Waals surface area (Å²) >= 11 is 1.35. The van der Waals surface area contributed by atoms with Gasteiger partial charge in [-0.3, -0.25) is 4.79 Å². The minimum absolute atomic E-state index is 0.117. The first kappa shape index (κ1) is 31.5. The van der Waals surface area contributed by atoms with Gasteiger partial charge in [0.25, 0.3) is 0 Å². The van der Waals surface area contributed by atoms with Crippen LogP contribution in [0.25, 0.3) is 10.2 Å². The zero-order chi connectivity index (χ0) is 31.0. The van der Waals surface area contributed by atoms with Gasteiger partial charge in [-0.1, -0.05) is 26.0 Å². The molecular formula is C31H37FN2O8S2. The second-order valence-electron chi connectivity index (χ2n) is 12.2. The van der Waals surface area contributed by atoms with Gasteiger partial charge in [0.1, 0.15) is 24.1 Å². The van der Waals surface area contributed by atoms with Gasteiger partial charge in [0, 0.05) is 19.0 Å². The summed E-state index contributed by atoms with van der Waals surface area (Å²) in [6, 6.07) is 10.6. The summed E-state index contributed by atoms with van der Waals surface area (Å²) in [5, 5.41) is 11.6. The predicted molar refractivity (Wildman–Crippen MR) is 160 cm³/mol. The Hall–Kier alpha value is -2.52. The summed E-state index contributed by atoms with van der Waals surface area (Å²) in [5.41, 5.74) is 3.08. The van der Waals surface area contributed by atoms with E-state index >= 15 is 0 Å². The number of nitrogens with zero attached hydrogens (tertiary/aromatic N) is 2. The zero-order valence-corrected chi connectivity index (χ0v) is 26.2. The van der Waals surface area contributed by atoms with E-state index in [1.54, 1.807) is 29.8 Å². The topological polar surface area (TPSA) is 124 Å². The molecule has 0 saturated carbocycles. The third kappa shape index (κ3) is 6.69. The van der Waals surface area contributed by atoms with Gasteiger partial charge in [0.05, 0.1) is 52.3 Å². The molecule has 3 saturated heterocycles. The molecule has 2 aromatic carbocycles. The number of carbonyl (C=O) groups is 1. The molecule has 3 aromatic rings. The average molecular weight is 649 g/mol. The van der Waals surface area contributed by atoms with Crippen LogP contribution in [0.15, 0.2) is 52.9 Å². The molecule has 3 aliphatic heterocycles. The van der Waals surface area contributed by atoms with Crippen LogP contribution >= 0.6 is 11.3 Å². The maximum absolute atomic E-state index is 13.9. The molecule has 3 fully saturated rings. The summed E-state index contributed by atoms with van der Waals surface area (Å²) in [4.78, 5) is 17.7. The highest BCUT2D eigenvalue weighted by atomic mass is 32.2. The Morgan fingerprint density at radius 1 is 1.18 bits per heavy atom. The molecule has 3 aliphatic rings. The Balaban J connectivity index is 1.22. The molecule has 0 radical (unpaired) electrons. The zero-order valence-electron chi connectivity index (χ0n) is 24.6. The molecule has 44 heavy (non-hydrogen) atoms. The summed E-state index contributed by atoms with van der Waals surface area (Å²) in [5.74, 6) is -1.56. The minimum Gasteiger partial charge on any atom is -0.459 e. The average Bonchev–Trinajstić information content (AvgIpc) is 3.70. The quantitative estimate of drug-likeness (QED) is 0.276. The summed E-state index contributed by atoms with van der Waals surface area (Å²) in [6.45, 7) is 4.59. The second kappa shape index (κ2) is 13.1. The van der Waals surface area contributed by atoms with Gasteiger partial charge in [0.2, 0.25) is 10.0 Å². The number of thiazole rings is 1. The van der Waals surface area contributed by atoms with Crippen LogP contribution in [-0.2, 0) is 40.2 Å². The highest BCUT2D eigenvalue weighted by Crippen LogP contribution is 2.42. The van der Waals surface area contributed by atoms with E-state index in [4.69, 9.17) is 18.9 Å². The third-order valence-corrected chi connectivity index (χ3v) is 11.3. The number of rotatable bonds is 13. The maximum Gasteiger partial charge on any atom is 0.306 e. The molecule has 7 atom stereocenters. The lowest BCUT2D eigenvalue weighted by Gasteiger charge is -2.30. The highest BCUT2D eigenvalue weighted by molar-refractivity contribution is 7.89. The molecule has 1 aromatic heterocycles. The SMILES string of the molecule is CC(C)CCN(C[C@@H](O)[C@@H](CC(=O)OC1C2COC3OCC1C3O2)Cc1ccc(F)cc1)S(=O)(=O)c1ccc2ncsc2c1. The summed E-state index contributed by atoms with van der Waals surface area (Å²) in [6.07, 6.45) is -2.25. The lowest BCUT2D eigenvalue weighted by Crippen LogP contribution is -2.43. The molecule has 2 bridgehead atoms. The number of halogens is 1. The monoisotopic (exact) mass is 648 g/mol. The van der Waals surface area contributed by atoms with E-state index < -0.39 is 46.2 Å². The lowest BCUT2D eigenvalue weighted by atomic mass is 9.90. The number of esters is 1. The Kier molecular flexibility index (Phi) is 9.35. The predicted octanol–water partition coefficient (Wildman–Crippen LogP) is 3.76. The van der Waals surface area contributed by atoms with Gasteiger partial charge >= 0.3 is 5.97 Å². The first-order valence-electron chi connectivity index (χ1n) is 14.9. The number of benzene rings is 2. The van der Waals surface area contributed by atoms with Crippen molar-refractivity contribution in [1.29, 1.82) is 0 Å². The number of hydrogen-bond donors (Lipinski definition) is 1. The van der Waals surface area contributed by atoms with Crippen molar-refractivity contribution in [3.05, 3.63) is 59.4 Å². The molecule has 5 unspecified atom stereocenters. The summed E-state index contributed by atoms with van der Waals surface area (Å²) < 4.78 is 66.7. The number of hydrogen-bond acceptors (Lipinski definition) is 10. The molecule has 0 amide bonds.